The summed E-state index contributed by atoms with van der Waals surface area (Å²) in [7, 11) is 0. The van der Waals surface area contributed by atoms with Gasteiger partial charge in [-0.15, -0.1) is 11.3 Å². The summed E-state index contributed by atoms with van der Waals surface area (Å²) in [5, 5.41) is 14.4. The second-order valence-corrected chi connectivity index (χ2v) is 5.97. The summed E-state index contributed by atoms with van der Waals surface area (Å²) in [5.74, 6) is 0.848. The fourth-order valence-electron chi connectivity index (χ4n) is 3.22. The molecule has 2 bridgehead atoms. The molecule has 2 fully saturated rings. The number of hydrogen-bond acceptors (Lipinski definition) is 4. The van der Waals surface area contributed by atoms with Crippen molar-refractivity contribution in [2.24, 2.45) is 11.8 Å². The highest BCUT2D eigenvalue weighted by Crippen LogP contribution is 2.44. The van der Waals surface area contributed by atoms with Crippen LogP contribution in [0.4, 0.5) is 0 Å². The van der Waals surface area contributed by atoms with E-state index >= 15 is 0 Å². The first-order chi connectivity index (χ1) is 8.22. The first-order valence-electron chi connectivity index (χ1n) is 6.13. The lowest BCUT2D eigenvalue weighted by molar-refractivity contribution is 0.0696. The molecule has 0 saturated heterocycles. The third-order valence-corrected chi connectivity index (χ3v) is 4.90. The van der Waals surface area contributed by atoms with Gasteiger partial charge in [-0.25, -0.2) is 9.78 Å². The van der Waals surface area contributed by atoms with Gasteiger partial charge in [-0.2, -0.15) is 0 Å². The number of aromatic carboxylic acids is 1. The standard InChI is InChI=1S/C12H16N2O2S/c15-12(16)11-14-9(6-17-11)5-13-10-4-7-1-2-8(10)3-7/h6-8,10,13H,1-5H2,(H,15,16). The fraction of sp³-hybridized carbons (Fsp3) is 0.667. The molecule has 0 spiro atoms. The molecule has 2 N–H and O–H groups in total. The third kappa shape index (κ3) is 2.21. The molecule has 3 rings (SSSR count). The number of carboxylic acids is 1. The summed E-state index contributed by atoms with van der Waals surface area (Å²) < 4.78 is 0. The number of aromatic nitrogens is 1. The van der Waals surface area contributed by atoms with Gasteiger partial charge in [0.1, 0.15) is 0 Å². The molecular weight excluding hydrogens is 236 g/mol. The molecule has 5 heteroatoms. The molecule has 1 heterocycles. The number of carbonyl (C=O) groups is 1. The Morgan fingerprint density at radius 1 is 1.53 bits per heavy atom. The Bertz CT molecular complexity index is 432. The Labute approximate surface area is 104 Å². The average molecular weight is 252 g/mol. The van der Waals surface area contributed by atoms with E-state index in [0.717, 1.165) is 17.5 Å². The Morgan fingerprint density at radius 3 is 3.00 bits per heavy atom. The second kappa shape index (κ2) is 4.38. The minimum Gasteiger partial charge on any atom is -0.476 e. The van der Waals surface area contributed by atoms with Crippen LogP contribution in [-0.2, 0) is 6.54 Å². The van der Waals surface area contributed by atoms with Crippen LogP contribution < -0.4 is 5.32 Å². The van der Waals surface area contributed by atoms with E-state index in [4.69, 9.17) is 5.11 Å². The van der Waals surface area contributed by atoms with Gasteiger partial charge < -0.3 is 10.4 Å². The van der Waals surface area contributed by atoms with Gasteiger partial charge in [-0.3, -0.25) is 0 Å². The van der Waals surface area contributed by atoms with Crippen molar-refractivity contribution in [1.82, 2.24) is 10.3 Å². The minimum atomic E-state index is -0.929. The Hall–Kier alpha value is -0.940. The molecule has 1 aromatic rings. The Morgan fingerprint density at radius 2 is 2.41 bits per heavy atom. The van der Waals surface area contributed by atoms with Crippen molar-refractivity contribution in [3.05, 3.63) is 16.1 Å². The van der Waals surface area contributed by atoms with Gasteiger partial charge in [0, 0.05) is 18.0 Å². The van der Waals surface area contributed by atoms with Gasteiger partial charge >= 0.3 is 5.97 Å². The van der Waals surface area contributed by atoms with Gasteiger partial charge in [-0.1, -0.05) is 6.42 Å². The number of thiazole rings is 1. The van der Waals surface area contributed by atoms with Gasteiger partial charge in [0.25, 0.3) is 0 Å². The molecule has 4 nitrogen and oxygen atoms in total. The zero-order chi connectivity index (χ0) is 11.8. The predicted octanol–water partition coefficient (Wildman–Crippen LogP) is 2.12. The molecule has 0 aromatic carbocycles. The Balaban J connectivity index is 1.55. The number of nitrogens with one attached hydrogen (secondary N) is 1. The van der Waals surface area contributed by atoms with Crippen LogP contribution in [0, 0.1) is 11.8 Å². The SMILES string of the molecule is O=C(O)c1nc(CNC2CC3CCC2C3)cs1. The lowest BCUT2D eigenvalue weighted by Gasteiger charge is -2.22. The lowest BCUT2D eigenvalue weighted by Crippen LogP contribution is -2.33. The topological polar surface area (TPSA) is 62.2 Å². The monoisotopic (exact) mass is 252 g/mol. The van der Waals surface area contributed by atoms with Crippen LogP contribution in [0.25, 0.3) is 0 Å². The lowest BCUT2D eigenvalue weighted by atomic mass is 9.95. The summed E-state index contributed by atoms with van der Waals surface area (Å²) in [5.41, 5.74) is 0.857. The number of carboxylic acid groups (broad SMARTS) is 1. The molecule has 0 aliphatic heterocycles. The van der Waals surface area contributed by atoms with Gasteiger partial charge in [0.15, 0.2) is 0 Å². The number of hydrogen-bond donors (Lipinski definition) is 2. The first-order valence-corrected chi connectivity index (χ1v) is 7.01. The highest BCUT2D eigenvalue weighted by Gasteiger charge is 2.39. The van der Waals surface area contributed by atoms with E-state index in [1.807, 2.05) is 5.38 Å². The van der Waals surface area contributed by atoms with Crippen molar-refractivity contribution in [2.45, 2.75) is 38.3 Å². The van der Waals surface area contributed by atoms with Crippen LogP contribution in [-0.4, -0.2) is 22.1 Å². The van der Waals surface area contributed by atoms with E-state index < -0.39 is 5.97 Å². The minimum absolute atomic E-state index is 0.190. The molecule has 2 aliphatic carbocycles. The van der Waals surface area contributed by atoms with Crippen molar-refractivity contribution in [1.29, 1.82) is 0 Å². The van der Waals surface area contributed by atoms with Gasteiger partial charge in [0.2, 0.25) is 5.01 Å². The van der Waals surface area contributed by atoms with Crippen LogP contribution in [0.3, 0.4) is 0 Å². The maximum Gasteiger partial charge on any atom is 0.365 e. The molecular formula is C12H16N2O2S. The molecule has 3 atom stereocenters. The van der Waals surface area contributed by atoms with Crippen molar-refractivity contribution in [3.8, 4) is 0 Å². The van der Waals surface area contributed by atoms with Gasteiger partial charge in [-0.05, 0) is 31.1 Å². The fourth-order valence-corrected chi connectivity index (χ4v) is 3.87. The number of rotatable bonds is 4. The van der Waals surface area contributed by atoms with Crippen molar-refractivity contribution < 1.29 is 9.90 Å². The average Bonchev–Trinajstić information content (AvgIpc) is 3.02. The van der Waals surface area contributed by atoms with Crippen molar-refractivity contribution in [2.75, 3.05) is 0 Å². The zero-order valence-electron chi connectivity index (χ0n) is 9.56. The summed E-state index contributed by atoms with van der Waals surface area (Å²) in [6.07, 6.45) is 5.44. The zero-order valence-corrected chi connectivity index (χ0v) is 10.4. The largest absolute Gasteiger partial charge is 0.476 e. The molecule has 1 aromatic heterocycles. The quantitative estimate of drug-likeness (QED) is 0.861. The highest BCUT2D eigenvalue weighted by atomic mass is 32.1. The number of fused-ring (bicyclic) bond motifs is 2. The summed E-state index contributed by atoms with van der Waals surface area (Å²) in [4.78, 5) is 14.8. The van der Waals surface area contributed by atoms with E-state index in [9.17, 15) is 4.79 Å². The van der Waals surface area contributed by atoms with Crippen LogP contribution in [0.5, 0.6) is 0 Å². The van der Waals surface area contributed by atoms with Crippen LogP contribution in [0.1, 0.15) is 41.2 Å². The van der Waals surface area contributed by atoms with E-state index in [2.05, 4.69) is 10.3 Å². The molecule has 2 saturated carbocycles. The Kier molecular flexibility index (Phi) is 2.88. The number of nitrogens with zero attached hydrogens (tertiary/aromatic N) is 1. The molecule has 3 unspecified atom stereocenters. The molecule has 0 radical (unpaired) electrons. The molecule has 92 valence electrons. The molecule has 2 aliphatic rings. The summed E-state index contributed by atoms with van der Waals surface area (Å²) in [6.45, 7) is 0.706. The maximum atomic E-state index is 10.7. The second-order valence-electron chi connectivity index (χ2n) is 5.11. The van der Waals surface area contributed by atoms with Crippen LogP contribution in [0.2, 0.25) is 0 Å². The smallest absolute Gasteiger partial charge is 0.365 e. The molecule has 17 heavy (non-hydrogen) atoms. The van der Waals surface area contributed by atoms with E-state index in [0.29, 0.717) is 12.6 Å². The molecule has 0 amide bonds. The highest BCUT2D eigenvalue weighted by molar-refractivity contribution is 7.11. The van der Waals surface area contributed by atoms with Gasteiger partial charge in [0.05, 0.1) is 5.69 Å². The summed E-state index contributed by atoms with van der Waals surface area (Å²) in [6, 6.07) is 0.628. The van der Waals surface area contributed by atoms with Crippen molar-refractivity contribution in [3.63, 3.8) is 0 Å². The van der Waals surface area contributed by atoms with E-state index in [1.165, 1.54) is 37.0 Å². The van der Waals surface area contributed by atoms with E-state index in [1.54, 1.807) is 0 Å². The maximum absolute atomic E-state index is 10.7. The van der Waals surface area contributed by atoms with Crippen LogP contribution >= 0.6 is 11.3 Å². The van der Waals surface area contributed by atoms with Crippen molar-refractivity contribution >= 4 is 17.3 Å². The first kappa shape index (κ1) is 11.2. The normalized spacial score (nSPS) is 30.9. The summed E-state index contributed by atoms with van der Waals surface area (Å²) >= 11 is 1.20. The van der Waals surface area contributed by atoms with E-state index in [-0.39, 0.29) is 5.01 Å². The van der Waals surface area contributed by atoms with Crippen LogP contribution in [0.15, 0.2) is 5.38 Å². The third-order valence-electron chi connectivity index (χ3n) is 4.02. The predicted molar refractivity (Wildman–Crippen MR) is 65.1 cm³/mol.